The van der Waals surface area contributed by atoms with Crippen LogP contribution in [0.25, 0.3) is 0 Å². The van der Waals surface area contributed by atoms with Gasteiger partial charge in [-0.25, -0.2) is 4.79 Å². The first-order valence-corrected chi connectivity index (χ1v) is 7.79. The first-order valence-electron chi connectivity index (χ1n) is 7.79. The molecule has 0 heterocycles. The second kappa shape index (κ2) is 7.81. The van der Waals surface area contributed by atoms with Gasteiger partial charge in [0.25, 0.3) is 5.91 Å². The number of hydrogen-bond donors (Lipinski definition) is 2. The van der Waals surface area contributed by atoms with Gasteiger partial charge in [0.15, 0.2) is 0 Å². The van der Waals surface area contributed by atoms with Gasteiger partial charge in [-0.1, -0.05) is 23.8 Å². The molecule has 0 bridgehead atoms. The lowest BCUT2D eigenvalue weighted by Gasteiger charge is -2.17. The van der Waals surface area contributed by atoms with Gasteiger partial charge in [-0.05, 0) is 44.8 Å². The number of aromatic carboxylic acids is 1. The van der Waals surface area contributed by atoms with E-state index in [1.165, 1.54) is 19.2 Å². The van der Waals surface area contributed by atoms with E-state index in [-0.39, 0.29) is 16.9 Å². The van der Waals surface area contributed by atoms with Crippen LogP contribution in [-0.4, -0.2) is 43.1 Å². The van der Waals surface area contributed by atoms with Crippen molar-refractivity contribution in [1.82, 2.24) is 4.90 Å². The summed E-state index contributed by atoms with van der Waals surface area (Å²) >= 11 is 0. The molecule has 0 aromatic heterocycles. The maximum atomic E-state index is 12.7. The van der Waals surface area contributed by atoms with Crippen molar-refractivity contribution < 1.29 is 19.4 Å². The number of rotatable bonds is 6. The Morgan fingerprint density at radius 1 is 1.16 bits per heavy atom. The van der Waals surface area contributed by atoms with Gasteiger partial charge in [-0.2, -0.15) is 0 Å². The molecule has 2 rings (SSSR count). The molecule has 25 heavy (non-hydrogen) atoms. The van der Waals surface area contributed by atoms with Gasteiger partial charge in [0, 0.05) is 12.2 Å². The number of hydrogen-bond acceptors (Lipinski definition) is 4. The first-order chi connectivity index (χ1) is 11.8. The number of methoxy groups -OCH3 is 1. The second-order valence-corrected chi connectivity index (χ2v) is 6.04. The van der Waals surface area contributed by atoms with E-state index in [4.69, 9.17) is 4.74 Å². The second-order valence-electron chi connectivity index (χ2n) is 6.04. The Bertz CT molecular complexity index is 800. The fourth-order valence-electron chi connectivity index (χ4n) is 2.61. The normalized spacial score (nSPS) is 10.6. The maximum Gasteiger partial charge on any atom is 0.339 e. The minimum Gasteiger partial charge on any atom is -0.495 e. The highest BCUT2D eigenvalue weighted by atomic mass is 16.5. The van der Waals surface area contributed by atoms with E-state index in [9.17, 15) is 14.7 Å². The number of anilines is 1. The van der Waals surface area contributed by atoms with E-state index in [2.05, 4.69) is 5.32 Å². The van der Waals surface area contributed by atoms with Crippen LogP contribution in [0.2, 0.25) is 0 Å². The standard InChI is InChI=1S/C19H22N2O4/c1-12-8-9-16(13(10-12)11-21(2)3)20-18(22)14-6-5-7-15(19(23)24)17(14)25-4/h5-10H,11H2,1-4H3,(H,20,22)(H,23,24). The summed E-state index contributed by atoms with van der Waals surface area (Å²) in [6, 6.07) is 10.2. The van der Waals surface area contributed by atoms with E-state index < -0.39 is 11.9 Å². The molecule has 6 heteroatoms. The zero-order valence-electron chi connectivity index (χ0n) is 14.8. The molecule has 0 spiro atoms. The number of carbonyl (C=O) groups is 2. The smallest absolute Gasteiger partial charge is 0.339 e. The average Bonchev–Trinajstić information content (AvgIpc) is 2.55. The molecular weight excluding hydrogens is 320 g/mol. The third kappa shape index (κ3) is 4.36. The topological polar surface area (TPSA) is 78.9 Å². The Hall–Kier alpha value is -2.86. The van der Waals surface area contributed by atoms with Crippen molar-refractivity contribution >= 4 is 17.6 Å². The lowest BCUT2D eigenvalue weighted by atomic mass is 10.1. The summed E-state index contributed by atoms with van der Waals surface area (Å²) in [5, 5.41) is 12.1. The molecule has 2 aromatic rings. The molecule has 0 saturated carbocycles. The summed E-state index contributed by atoms with van der Waals surface area (Å²) in [6.07, 6.45) is 0. The van der Waals surface area contributed by atoms with Gasteiger partial charge >= 0.3 is 5.97 Å². The average molecular weight is 342 g/mol. The quantitative estimate of drug-likeness (QED) is 0.844. The predicted molar refractivity (Wildman–Crippen MR) is 96.5 cm³/mol. The van der Waals surface area contributed by atoms with E-state index in [1.54, 1.807) is 6.07 Å². The van der Waals surface area contributed by atoms with Gasteiger partial charge in [-0.15, -0.1) is 0 Å². The van der Waals surface area contributed by atoms with E-state index >= 15 is 0 Å². The van der Waals surface area contributed by atoms with Crippen molar-refractivity contribution in [1.29, 1.82) is 0 Å². The number of para-hydroxylation sites is 1. The zero-order valence-corrected chi connectivity index (χ0v) is 14.8. The van der Waals surface area contributed by atoms with Crippen LogP contribution in [0.4, 0.5) is 5.69 Å². The maximum absolute atomic E-state index is 12.7. The van der Waals surface area contributed by atoms with Crippen LogP contribution in [0.3, 0.4) is 0 Å². The van der Waals surface area contributed by atoms with Crippen LogP contribution in [0.15, 0.2) is 36.4 Å². The largest absolute Gasteiger partial charge is 0.495 e. The summed E-state index contributed by atoms with van der Waals surface area (Å²) < 4.78 is 5.16. The highest BCUT2D eigenvalue weighted by molar-refractivity contribution is 6.08. The number of benzene rings is 2. The van der Waals surface area contributed by atoms with Crippen molar-refractivity contribution in [2.24, 2.45) is 0 Å². The summed E-state index contributed by atoms with van der Waals surface area (Å²) in [6.45, 7) is 2.66. The molecule has 0 radical (unpaired) electrons. The molecule has 132 valence electrons. The van der Waals surface area contributed by atoms with Crippen LogP contribution < -0.4 is 10.1 Å². The molecule has 0 unspecified atom stereocenters. The first kappa shape index (κ1) is 18.5. The van der Waals surface area contributed by atoms with Crippen molar-refractivity contribution in [3.05, 3.63) is 58.7 Å². The molecule has 0 atom stereocenters. The SMILES string of the molecule is COc1c(C(=O)O)cccc1C(=O)Nc1ccc(C)cc1CN(C)C. The van der Waals surface area contributed by atoms with Crippen LogP contribution in [0.5, 0.6) is 5.75 Å². The minimum atomic E-state index is -1.14. The minimum absolute atomic E-state index is 0.0485. The predicted octanol–water partition coefficient (Wildman–Crippen LogP) is 3.02. The molecule has 6 nitrogen and oxygen atoms in total. The Balaban J connectivity index is 2.38. The van der Waals surface area contributed by atoms with Crippen LogP contribution >= 0.6 is 0 Å². The number of nitrogens with zero attached hydrogens (tertiary/aromatic N) is 1. The molecule has 0 aliphatic heterocycles. The molecule has 0 saturated heterocycles. The lowest BCUT2D eigenvalue weighted by Crippen LogP contribution is -2.18. The lowest BCUT2D eigenvalue weighted by molar-refractivity contribution is 0.0693. The van der Waals surface area contributed by atoms with Crippen molar-refractivity contribution in [2.45, 2.75) is 13.5 Å². The number of amides is 1. The molecule has 1 amide bonds. The molecule has 0 aliphatic rings. The van der Waals surface area contributed by atoms with Gasteiger partial charge in [0.05, 0.1) is 12.7 Å². The number of aryl methyl sites for hydroxylation is 1. The van der Waals surface area contributed by atoms with E-state index in [0.29, 0.717) is 12.2 Å². The van der Waals surface area contributed by atoms with Gasteiger partial charge in [0.1, 0.15) is 11.3 Å². The highest BCUT2D eigenvalue weighted by Crippen LogP contribution is 2.26. The number of carboxylic acid groups (broad SMARTS) is 1. The third-order valence-electron chi connectivity index (χ3n) is 3.69. The molecule has 0 aliphatic carbocycles. The van der Waals surface area contributed by atoms with Crippen LogP contribution in [0.1, 0.15) is 31.8 Å². The van der Waals surface area contributed by atoms with Crippen LogP contribution in [0, 0.1) is 6.92 Å². The summed E-state index contributed by atoms with van der Waals surface area (Å²) in [7, 11) is 5.25. The van der Waals surface area contributed by atoms with E-state index in [1.807, 2.05) is 44.1 Å². The van der Waals surface area contributed by atoms with Gasteiger partial charge in [-0.3, -0.25) is 4.79 Å². The number of carboxylic acids is 1. The fraction of sp³-hybridized carbons (Fsp3) is 0.263. The van der Waals surface area contributed by atoms with E-state index in [0.717, 1.165) is 11.1 Å². The van der Waals surface area contributed by atoms with Gasteiger partial charge in [0.2, 0.25) is 0 Å². The molecule has 0 fully saturated rings. The van der Waals surface area contributed by atoms with Crippen LogP contribution in [-0.2, 0) is 6.54 Å². The fourth-order valence-corrected chi connectivity index (χ4v) is 2.61. The summed E-state index contributed by atoms with van der Waals surface area (Å²) in [4.78, 5) is 26.0. The Morgan fingerprint density at radius 3 is 2.44 bits per heavy atom. The Labute approximate surface area is 147 Å². The summed E-state index contributed by atoms with van der Waals surface area (Å²) in [5.41, 5.74) is 2.89. The zero-order chi connectivity index (χ0) is 18.6. The Morgan fingerprint density at radius 2 is 1.84 bits per heavy atom. The summed E-state index contributed by atoms with van der Waals surface area (Å²) in [5.74, 6) is -1.51. The molecular formula is C19H22N2O4. The molecule has 2 aromatic carbocycles. The number of carbonyl (C=O) groups excluding carboxylic acids is 1. The number of nitrogens with one attached hydrogen (secondary N) is 1. The monoisotopic (exact) mass is 342 g/mol. The van der Waals surface area contributed by atoms with Crippen molar-refractivity contribution in [3.63, 3.8) is 0 Å². The number of ether oxygens (including phenoxy) is 1. The third-order valence-corrected chi connectivity index (χ3v) is 3.69. The Kier molecular flexibility index (Phi) is 5.77. The highest BCUT2D eigenvalue weighted by Gasteiger charge is 2.20. The van der Waals surface area contributed by atoms with Crippen molar-refractivity contribution in [3.8, 4) is 5.75 Å². The van der Waals surface area contributed by atoms with Crippen molar-refractivity contribution in [2.75, 3.05) is 26.5 Å². The molecule has 2 N–H and O–H groups in total. The van der Waals surface area contributed by atoms with Gasteiger partial charge < -0.3 is 20.1 Å².